The average molecular weight is 225 g/mol. The van der Waals surface area contributed by atoms with Crippen LogP contribution in [0.2, 0.25) is 0 Å². The Kier molecular flexibility index (Phi) is 5.56. The molecule has 0 aromatic carbocycles. The second kappa shape index (κ2) is 7.00. The van der Waals surface area contributed by atoms with Crippen LogP contribution in [0.3, 0.4) is 0 Å². The Morgan fingerprint density at radius 3 is 2.69 bits per heavy atom. The predicted octanol–water partition coefficient (Wildman–Crippen LogP) is 1.17. The van der Waals surface area contributed by atoms with E-state index in [0.717, 1.165) is 25.1 Å². The molecule has 1 heterocycles. The van der Waals surface area contributed by atoms with E-state index in [1.807, 2.05) is 6.92 Å². The van der Waals surface area contributed by atoms with Crippen molar-refractivity contribution in [2.45, 2.75) is 20.3 Å². The van der Waals surface area contributed by atoms with Crippen molar-refractivity contribution in [2.75, 3.05) is 26.8 Å². The van der Waals surface area contributed by atoms with Gasteiger partial charge in [-0.2, -0.15) is 0 Å². The maximum absolute atomic E-state index is 5.53. The van der Waals surface area contributed by atoms with Gasteiger partial charge < -0.3 is 14.8 Å². The minimum absolute atomic E-state index is 0.562. The van der Waals surface area contributed by atoms with Gasteiger partial charge in [0.25, 0.3) is 0 Å². The number of nitrogens with zero attached hydrogens (tertiary/aromatic N) is 2. The molecule has 0 aliphatic rings. The van der Waals surface area contributed by atoms with Crippen LogP contribution < -0.4 is 14.8 Å². The molecule has 0 fully saturated rings. The number of rotatable bonds is 7. The zero-order valence-corrected chi connectivity index (χ0v) is 10.1. The van der Waals surface area contributed by atoms with Crippen LogP contribution in [0.5, 0.6) is 11.8 Å². The van der Waals surface area contributed by atoms with Crippen molar-refractivity contribution < 1.29 is 9.47 Å². The zero-order valence-electron chi connectivity index (χ0n) is 10.1. The van der Waals surface area contributed by atoms with Crippen molar-refractivity contribution >= 4 is 0 Å². The van der Waals surface area contributed by atoms with Crippen LogP contribution >= 0.6 is 0 Å². The molecule has 0 aliphatic heterocycles. The molecular weight excluding hydrogens is 206 g/mol. The first-order chi connectivity index (χ1) is 7.79. The highest BCUT2D eigenvalue weighted by molar-refractivity contribution is 5.32. The van der Waals surface area contributed by atoms with Crippen LogP contribution in [0.25, 0.3) is 0 Å². The van der Waals surface area contributed by atoms with Gasteiger partial charge in [-0.15, -0.1) is 0 Å². The van der Waals surface area contributed by atoms with Crippen molar-refractivity contribution in [1.29, 1.82) is 0 Å². The van der Waals surface area contributed by atoms with Crippen LogP contribution in [0.4, 0.5) is 0 Å². The first-order valence-corrected chi connectivity index (χ1v) is 5.48. The number of hydrogen-bond acceptors (Lipinski definition) is 5. The summed E-state index contributed by atoms with van der Waals surface area (Å²) >= 11 is 0. The van der Waals surface area contributed by atoms with Gasteiger partial charge in [-0.3, -0.25) is 0 Å². The Hall–Kier alpha value is -1.36. The Morgan fingerprint density at radius 2 is 2.00 bits per heavy atom. The van der Waals surface area contributed by atoms with Crippen molar-refractivity contribution in [2.24, 2.45) is 0 Å². The molecule has 1 aromatic rings. The van der Waals surface area contributed by atoms with E-state index in [9.17, 15) is 0 Å². The lowest BCUT2D eigenvalue weighted by Gasteiger charge is -2.09. The molecule has 0 atom stereocenters. The van der Waals surface area contributed by atoms with Gasteiger partial charge in [0.2, 0.25) is 11.8 Å². The Labute approximate surface area is 96.2 Å². The molecule has 1 aromatic heterocycles. The first kappa shape index (κ1) is 12.7. The normalized spacial score (nSPS) is 10.2. The first-order valence-electron chi connectivity index (χ1n) is 5.48. The van der Waals surface area contributed by atoms with Gasteiger partial charge in [-0.1, -0.05) is 6.92 Å². The van der Waals surface area contributed by atoms with Crippen molar-refractivity contribution in [3.8, 4) is 11.8 Å². The monoisotopic (exact) mass is 225 g/mol. The van der Waals surface area contributed by atoms with Gasteiger partial charge >= 0.3 is 0 Å². The highest BCUT2D eigenvalue weighted by Crippen LogP contribution is 2.21. The van der Waals surface area contributed by atoms with E-state index in [-0.39, 0.29) is 0 Å². The zero-order chi connectivity index (χ0) is 11.8. The minimum Gasteiger partial charge on any atom is -0.481 e. The number of hydrogen-bond donors (Lipinski definition) is 1. The fourth-order valence-corrected chi connectivity index (χ4v) is 1.29. The summed E-state index contributed by atoms with van der Waals surface area (Å²) in [7, 11) is 1.59. The third kappa shape index (κ3) is 3.66. The molecule has 0 aliphatic carbocycles. The predicted molar refractivity (Wildman–Crippen MR) is 62.0 cm³/mol. The highest BCUT2D eigenvalue weighted by Gasteiger charge is 2.07. The van der Waals surface area contributed by atoms with Gasteiger partial charge in [0.1, 0.15) is 12.9 Å². The summed E-state index contributed by atoms with van der Waals surface area (Å²) in [6.45, 7) is 6.44. The Bertz CT molecular complexity index is 318. The lowest BCUT2D eigenvalue weighted by atomic mass is 10.3. The van der Waals surface area contributed by atoms with Crippen molar-refractivity contribution in [3.63, 3.8) is 0 Å². The van der Waals surface area contributed by atoms with E-state index in [2.05, 4.69) is 22.2 Å². The van der Waals surface area contributed by atoms with E-state index in [1.165, 1.54) is 6.33 Å². The van der Waals surface area contributed by atoms with Crippen molar-refractivity contribution in [3.05, 3.63) is 11.9 Å². The summed E-state index contributed by atoms with van der Waals surface area (Å²) in [5, 5.41) is 3.25. The van der Waals surface area contributed by atoms with Gasteiger partial charge in [-0.25, -0.2) is 9.97 Å². The van der Waals surface area contributed by atoms with Gasteiger partial charge in [0.15, 0.2) is 0 Å². The molecule has 0 spiro atoms. The minimum atomic E-state index is 0.562. The Balaban J connectivity index is 2.41. The number of aromatic nitrogens is 2. The molecule has 0 radical (unpaired) electrons. The molecule has 16 heavy (non-hydrogen) atoms. The second-order valence-corrected chi connectivity index (χ2v) is 3.41. The quantitative estimate of drug-likeness (QED) is 0.706. The summed E-state index contributed by atoms with van der Waals surface area (Å²) in [5.74, 6) is 1.15. The molecule has 0 unspecified atom stereocenters. The summed E-state index contributed by atoms with van der Waals surface area (Å²) < 4.78 is 10.6. The Morgan fingerprint density at radius 1 is 1.25 bits per heavy atom. The average Bonchev–Trinajstić information content (AvgIpc) is 2.31. The molecule has 0 saturated carbocycles. The fourth-order valence-electron chi connectivity index (χ4n) is 1.29. The van der Waals surface area contributed by atoms with Crippen LogP contribution in [0, 0.1) is 6.92 Å². The molecule has 1 N–H and O–H groups in total. The fraction of sp³-hybridized carbons (Fsp3) is 0.636. The number of methoxy groups -OCH3 is 1. The molecule has 0 amide bonds. The van der Waals surface area contributed by atoms with Gasteiger partial charge in [0, 0.05) is 6.54 Å². The molecule has 5 nitrogen and oxygen atoms in total. The SMILES string of the molecule is CCCNCCOc1ncnc(OC)c1C. The standard InChI is InChI=1S/C11H19N3O2/c1-4-5-12-6-7-16-11-9(2)10(15-3)13-8-14-11/h8,12H,4-7H2,1-3H3. The van der Waals surface area contributed by atoms with Gasteiger partial charge in [0.05, 0.1) is 12.7 Å². The van der Waals surface area contributed by atoms with E-state index >= 15 is 0 Å². The molecule has 90 valence electrons. The maximum atomic E-state index is 5.53. The van der Waals surface area contributed by atoms with Crippen LogP contribution in [0.15, 0.2) is 6.33 Å². The van der Waals surface area contributed by atoms with Gasteiger partial charge in [-0.05, 0) is 19.9 Å². The second-order valence-electron chi connectivity index (χ2n) is 3.41. The summed E-state index contributed by atoms with van der Waals surface area (Å²) in [5.41, 5.74) is 0.834. The third-order valence-electron chi connectivity index (χ3n) is 2.13. The molecule has 0 bridgehead atoms. The molecular formula is C11H19N3O2. The lowest BCUT2D eigenvalue weighted by Crippen LogP contribution is -2.22. The smallest absolute Gasteiger partial charge is 0.223 e. The van der Waals surface area contributed by atoms with E-state index in [4.69, 9.17) is 9.47 Å². The topological polar surface area (TPSA) is 56.3 Å². The molecule has 5 heteroatoms. The van der Waals surface area contributed by atoms with Crippen molar-refractivity contribution in [1.82, 2.24) is 15.3 Å². The lowest BCUT2D eigenvalue weighted by molar-refractivity contribution is 0.295. The molecule has 0 saturated heterocycles. The van der Waals surface area contributed by atoms with Crippen LogP contribution in [-0.4, -0.2) is 36.8 Å². The number of nitrogens with one attached hydrogen (secondary N) is 1. The molecule has 1 rings (SSSR count). The number of ether oxygens (including phenoxy) is 2. The third-order valence-corrected chi connectivity index (χ3v) is 2.13. The van der Waals surface area contributed by atoms with E-state index in [0.29, 0.717) is 18.4 Å². The summed E-state index contributed by atoms with van der Waals surface area (Å²) in [6.07, 6.45) is 2.57. The summed E-state index contributed by atoms with van der Waals surface area (Å²) in [6, 6.07) is 0. The van der Waals surface area contributed by atoms with Crippen LogP contribution in [-0.2, 0) is 0 Å². The highest BCUT2D eigenvalue weighted by atomic mass is 16.5. The maximum Gasteiger partial charge on any atom is 0.223 e. The van der Waals surface area contributed by atoms with E-state index < -0.39 is 0 Å². The summed E-state index contributed by atoms with van der Waals surface area (Å²) in [4.78, 5) is 8.05. The van der Waals surface area contributed by atoms with E-state index in [1.54, 1.807) is 7.11 Å². The van der Waals surface area contributed by atoms with Crippen LogP contribution in [0.1, 0.15) is 18.9 Å². The largest absolute Gasteiger partial charge is 0.481 e.